The van der Waals surface area contributed by atoms with E-state index in [0.29, 0.717) is 5.56 Å². The number of allylic oxidation sites excluding steroid dienone is 5. The van der Waals surface area contributed by atoms with Gasteiger partial charge < -0.3 is 4.74 Å². The minimum Gasteiger partial charge on any atom is -0.376 e. The van der Waals surface area contributed by atoms with Crippen LogP contribution < -0.4 is 0 Å². The Labute approximate surface area is 193 Å². The van der Waals surface area contributed by atoms with E-state index in [0.717, 1.165) is 16.7 Å². The van der Waals surface area contributed by atoms with Gasteiger partial charge in [-0.2, -0.15) is 0 Å². The molecule has 2 heteroatoms. The maximum absolute atomic E-state index is 12.1. The molecule has 0 bridgehead atoms. The average Bonchev–Trinajstić information content (AvgIpc) is 2.70. The van der Waals surface area contributed by atoms with Crippen molar-refractivity contribution >= 4 is 11.4 Å². The van der Waals surface area contributed by atoms with Crippen molar-refractivity contribution in [1.82, 2.24) is 0 Å². The molecule has 0 fully saturated rings. The molecule has 1 atom stereocenters. The second kappa shape index (κ2) is 14.2. The second-order valence-electron chi connectivity index (χ2n) is 9.31. The number of ketones is 1. The number of carbonyl (C=O) groups is 1. The Morgan fingerprint density at radius 1 is 0.903 bits per heavy atom. The van der Waals surface area contributed by atoms with E-state index in [9.17, 15) is 4.79 Å². The number of ether oxygens (including phenoxy) is 1. The molecule has 1 unspecified atom stereocenters. The van der Waals surface area contributed by atoms with Gasteiger partial charge in [0.05, 0.1) is 6.10 Å². The van der Waals surface area contributed by atoms with E-state index in [1.165, 1.54) is 5.57 Å². The molecule has 0 heterocycles. The Morgan fingerprint density at radius 3 is 1.74 bits per heavy atom. The lowest BCUT2D eigenvalue weighted by Crippen LogP contribution is -2.20. The number of hydrogen-bond acceptors (Lipinski definition) is 2. The number of carbonyl (C=O) groups excluding carboxylic acids is 1. The molecule has 0 spiro atoms. The molecule has 0 radical (unpaired) electrons. The van der Waals surface area contributed by atoms with Gasteiger partial charge in [-0.25, -0.2) is 0 Å². The van der Waals surface area contributed by atoms with E-state index >= 15 is 0 Å². The zero-order chi connectivity index (χ0) is 25.0. The van der Waals surface area contributed by atoms with Gasteiger partial charge in [0, 0.05) is 12.7 Å². The second-order valence-corrected chi connectivity index (χ2v) is 9.31. The minimum absolute atomic E-state index is 0.0479. The molecule has 0 saturated carbocycles. The Hall–Kier alpha value is -1.93. The van der Waals surface area contributed by atoms with Crippen LogP contribution in [0.4, 0.5) is 0 Å². The molecule has 0 aliphatic carbocycles. The van der Waals surface area contributed by atoms with Gasteiger partial charge >= 0.3 is 0 Å². The molecule has 1 rings (SSSR count). The first-order chi connectivity index (χ1) is 14.3. The standard InChI is InChI=1S/C25H36O2.2C2H6/c1-11-19(13-12-17(2)24(4,5)6)21-14-20(18(3)26)15-22(16-21)23(27-10)25(7,8)9;2*1-2/h11-16,23H,1H2,2-10H3;2*1-2H3/b17-12+,19-13+;;. The third-order valence-corrected chi connectivity index (χ3v) is 4.94. The number of hydrogen-bond donors (Lipinski definition) is 0. The fourth-order valence-electron chi connectivity index (χ4n) is 2.91. The maximum atomic E-state index is 12.1. The summed E-state index contributed by atoms with van der Waals surface area (Å²) in [6.45, 7) is 28.7. The number of methoxy groups -OCH3 is 1. The molecule has 0 aromatic heterocycles. The van der Waals surface area contributed by atoms with Crippen LogP contribution in [-0.2, 0) is 4.74 Å². The lowest BCUT2D eigenvalue weighted by molar-refractivity contribution is 0.0151. The van der Waals surface area contributed by atoms with Crippen molar-refractivity contribution in [3.8, 4) is 0 Å². The van der Waals surface area contributed by atoms with Crippen molar-refractivity contribution in [3.05, 3.63) is 65.3 Å². The number of benzene rings is 1. The predicted molar refractivity (Wildman–Crippen MR) is 140 cm³/mol. The van der Waals surface area contributed by atoms with Crippen LogP contribution in [-0.4, -0.2) is 12.9 Å². The first kappa shape index (κ1) is 31.3. The van der Waals surface area contributed by atoms with E-state index < -0.39 is 0 Å². The van der Waals surface area contributed by atoms with Crippen LogP contribution in [0, 0.1) is 10.8 Å². The van der Waals surface area contributed by atoms with Crippen LogP contribution in [0.3, 0.4) is 0 Å². The van der Waals surface area contributed by atoms with Crippen molar-refractivity contribution in [2.24, 2.45) is 10.8 Å². The summed E-state index contributed by atoms with van der Waals surface area (Å²) in [6, 6.07) is 6.00. The highest BCUT2D eigenvalue weighted by Gasteiger charge is 2.27. The minimum atomic E-state index is -0.103. The van der Waals surface area contributed by atoms with Gasteiger partial charge in [0.2, 0.25) is 0 Å². The predicted octanol–water partition coefficient (Wildman–Crippen LogP) is 9.24. The van der Waals surface area contributed by atoms with Gasteiger partial charge in [-0.3, -0.25) is 4.79 Å². The van der Waals surface area contributed by atoms with Crippen LogP contribution >= 0.6 is 0 Å². The molecule has 0 N–H and O–H groups in total. The van der Waals surface area contributed by atoms with E-state index in [1.807, 2.05) is 45.9 Å². The Balaban J connectivity index is 0. The summed E-state index contributed by atoms with van der Waals surface area (Å²) in [5, 5.41) is 0. The van der Waals surface area contributed by atoms with E-state index in [4.69, 9.17) is 4.74 Å². The summed E-state index contributed by atoms with van der Waals surface area (Å²) in [7, 11) is 1.72. The van der Waals surface area contributed by atoms with Crippen LogP contribution in [0.5, 0.6) is 0 Å². The summed E-state index contributed by atoms with van der Waals surface area (Å²) in [6.07, 6.45) is 5.95. The third kappa shape index (κ3) is 10.3. The van der Waals surface area contributed by atoms with Crippen LogP contribution in [0.15, 0.2) is 48.6 Å². The third-order valence-electron chi connectivity index (χ3n) is 4.94. The Morgan fingerprint density at radius 2 is 1.39 bits per heavy atom. The van der Waals surface area contributed by atoms with Gasteiger partial charge in [-0.1, -0.05) is 99.6 Å². The van der Waals surface area contributed by atoms with Crippen LogP contribution in [0.25, 0.3) is 5.57 Å². The van der Waals surface area contributed by atoms with Crippen molar-refractivity contribution in [3.63, 3.8) is 0 Å². The molecule has 0 saturated heterocycles. The lowest BCUT2D eigenvalue weighted by Gasteiger charge is -2.30. The largest absolute Gasteiger partial charge is 0.376 e. The zero-order valence-electron chi connectivity index (χ0n) is 22.6. The van der Waals surface area contributed by atoms with Crippen LogP contribution in [0.1, 0.15) is 111 Å². The molecule has 2 nitrogen and oxygen atoms in total. The van der Waals surface area contributed by atoms with Crippen molar-refractivity contribution in [1.29, 1.82) is 0 Å². The molecule has 0 amide bonds. The average molecular weight is 429 g/mol. The van der Waals surface area contributed by atoms with Crippen molar-refractivity contribution in [2.45, 2.75) is 89.2 Å². The lowest BCUT2D eigenvalue weighted by atomic mass is 9.82. The van der Waals surface area contributed by atoms with Crippen molar-refractivity contribution in [2.75, 3.05) is 7.11 Å². The molecular formula is C29H48O2. The van der Waals surface area contributed by atoms with Gasteiger partial charge in [0.25, 0.3) is 0 Å². The van der Waals surface area contributed by atoms with Gasteiger partial charge in [0.15, 0.2) is 5.78 Å². The topological polar surface area (TPSA) is 26.3 Å². The summed E-state index contributed by atoms with van der Waals surface area (Å²) in [5.41, 5.74) is 5.00. The smallest absolute Gasteiger partial charge is 0.159 e. The maximum Gasteiger partial charge on any atom is 0.159 e. The Bertz CT molecular complexity index is 750. The van der Waals surface area contributed by atoms with Gasteiger partial charge in [-0.15, -0.1) is 0 Å². The summed E-state index contributed by atoms with van der Waals surface area (Å²) in [4.78, 5) is 12.1. The summed E-state index contributed by atoms with van der Waals surface area (Å²) in [5.74, 6) is 0.0479. The molecular weight excluding hydrogens is 380 g/mol. The zero-order valence-corrected chi connectivity index (χ0v) is 22.6. The SMILES string of the molecule is C=C/C(=C\C=C(/C)C(C)(C)C)c1cc(C(C)=O)cc(C(OC)C(C)(C)C)c1.CC.CC. The molecule has 0 aliphatic heterocycles. The summed E-state index contributed by atoms with van der Waals surface area (Å²) < 4.78 is 5.78. The highest BCUT2D eigenvalue weighted by atomic mass is 16.5. The quantitative estimate of drug-likeness (QED) is 0.333. The number of rotatable bonds is 6. The highest BCUT2D eigenvalue weighted by Crippen LogP contribution is 2.37. The summed E-state index contributed by atoms with van der Waals surface area (Å²) >= 11 is 0. The van der Waals surface area contributed by atoms with E-state index in [1.54, 1.807) is 14.0 Å². The first-order valence-corrected chi connectivity index (χ1v) is 11.5. The molecule has 1 aromatic rings. The van der Waals surface area contributed by atoms with E-state index in [-0.39, 0.29) is 22.7 Å². The molecule has 1 aromatic carbocycles. The molecule has 176 valence electrons. The highest BCUT2D eigenvalue weighted by molar-refractivity contribution is 5.95. The van der Waals surface area contributed by atoms with Crippen LogP contribution in [0.2, 0.25) is 0 Å². The normalized spacial score (nSPS) is 13.3. The monoisotopic (exact) mass is 428 g/mol. The first-order valence-electron chi connectivity index (χ1n) is 11.5. The number of Topliss-reactive ketones (excluding diaryl/α,β-unsaturated/α-hetero) is 1. The fraction of sp³-hybridized carbons (Fsp3) is 0.552. The molecule has 31 heavy (non-hydrogen) atoms. The molecule has 0 aliphatic rings. The van der Waals surface area contributed by atoms with Crippen molar-refractivity contribution < 1.29 is 9.53 Å². The van der Waals surface area contributed by atoms with Gasteiger partial charge in [0.1, 0.15) is 0 Å². The van der Waals surface area contributed by atoms with E-state index in [2.05, 4.69) is 73.3 Å². The fourth-order valence-corrected chi connectivity index (χ4v) is 2.91. The van der Waals surface area contributed by atoms with Gasteiger partial charge in [-0.05, 0) is 59.6 Å². The Kier molecular flexibility index (Phi) is 14.3.